The van der Waals surface area contributed by atoms with Gasteiger partial charge in [0.05, 0.1) is 22.7 Å². The van der Waals surface area contributed by atoms with Crippen molar-refractivity contribution in [3.05, 3.63) is 18.2 Å². The quantitative estimate of drug-likeness (QED) is 0.781. The number of benzene rings is 1. The molecule has 0 aliphatic rings. The Bertz CT molecular complexity index is 539. The molecule has 0 aromatic heterocycles. The van der Waals surface area contributed by atoms with Crippen LogP contribution in [0.4, 0.5) is 11.4 Å². The molecule has 0 amide bonds. The van der Waals surface area contributed by atoms with E-state index < -0.39 is 14.6 Å². The largest absolute Gasteiger partial charge is 0.492 e. The molecule has 108 valence electrons. The second-order valence-electron chi connectivity index (χ2n) is 5.04. The van der Waals surface area contributed by atoms with Gasteiger partial charge in [0.15, 0.2) is 9.84 Å². The maximum Gasteiger partial charge on any atom is 0.154 e. The third-order valence-electron chi connectivity index (χ3n) is 3.07. The monoisotopic (exact) mass is 286 g/mol. The van der Waals surface area contributed by atoms with Gasteiger partial charge >= 0.3 is 0 Å². The number of hydrogen-bond donors (Lipinski definition) is 2. The maximum absolute atomic E-state index is 11.6. The molecule has 0 spiro atoms. The molecule has 1 aromatic carbocycles. The van der Waals surface area contributed by atoms with Crippen molar-refractivity contribution in [2.45, 2.75) is 25.5 Å². The Morgan fingerprint density at radius 3 is 2.53 bits per heavy atom. The van der Waals surface area contributed by atoms with Gasteiger partial charge in [-0.15, -0.1) is 0 Å². The minimum Gasteiger partial charge on any atom is -0.492 e. The lowest BCUT2D eigenvalue weighted by atomic mass is 10.2. The first kappa shape index (κ1) is 15.6. The standard InChI is InChI=1S/C13H22N2O3S/c1-5-18-11-8-6-7-10(12(11)14)15-9-13(2,3)19(4,16)17/h6-8,15H,5,9,14H2,1-4H3. The van der Waals surface area contributed by atoms with Gasteiger partial charge in [-0.05, 0) is 32.9 Å². The van der Waals surface area contributed by atoms with Crippen molar-refractivity contribution >= 4 is 21.2 Å². The highest BCUT2D eigenvalue weighted by Gasteiger charge is 2.30. The van der Waals surface area contributed by atoms with E-state index in [1.807, 2.05) is 13.0 Å². The van der Waals surface area contributed by atoms with Gasteiger partial charge in [-0.3, -0.25) is 0 Å². The van der Waals surface area contributed by atoms with Crippen molar-refractivity contribution in [2.75, 3.05) is 30.5 Å². The molecule has 0 heterocycles. The zero-order valence-electron chi connectivity index (χ0n) is 11.9. The molecule has 1 aromatic rings. The Morgan fingerprint density at radius 1 is 1.37 bits per heavy atom. The number of hydrogen-bond acceptors (Lipinski definition) is 5. The molecule has 1 rings (SSSR count). The summed E-state index contributed by atoms with van der Waals surface area (Å²) in [7, 11) is -3.14. The van der Waals surface area contributed by atoms with Gasteiger partial charge in [-0.1, -0.05) is 6.07 Å². The molecule has 3 N–H and O–H groups in total. The molecule has 0 saturated carbocycles. The van der Waals surface area contributed by atoms with Crippen LogP contribution in [0.5, 0.6) is 5.75 Å². The van der Waals surface area contributed by atoms with Crippen LogP contribution in [0.15, 0.2) is 18.2 Å². The van der Waals surface area contributed by atoms with Crippen LogP contribution in [-0.4, -0.2) is 32.6 Å². The zero-order valence-corrected chi connectivity index (χ0v) is 12.7. The van der Waals surface area contributed by atoms with Crippen molar-refractivity contribution in [1.29, 1.82) is 0 Å². The normalized spacial score (nSPS) is 12.2. The summed E-state index contributed by atoms with van der Waals surface area (Å²) >= 11 is 0. The third kappa shape index (κ3) is 3.76. The average molecular weight is 286 g/mol. The maximum atomic E-state index is 11.6. The van der Waals surface area contributed by atoms with E-state index in [2.05, 4.69) is 5.32 Å². The molecule has 19 heavy (non-hydrogen) atoms. The molecule has 0 radical (unpaired) electrons. The highest BCUT2D eigenvalue weighted by molar-refractivity contribution is 7.92. The first-order chi connectivity index (χ1) is 8.69. The number of rotatable bonds is 6. The van der Waals surface area contributed by atoms with Gasteiger partial charge in [0.2, 0.25) is 0 Å². The van der Waals surface area contributed by atoms with E-state index in [1.165, 1.54) is 6.26 Å². The minimum atomic E-state index is -3.14. The molecular formula is C13H22N2O3S. The lowest BCUT2D eigenvalue weighted by molar-refractivity contribution is 0.342. The van der Waals surface area contributed by atoms with Crippen LogP contribution in [0.2, 0.25) is 0 Å². The number of ether oxygens (including phenoxy) is 1. The van der Waals surface area contributed by atoms with Crippen LogP contribution in [0.3, 0.4) is 0 Å². The van der Waals surface area contributed by atoms with Crippen LogP contribution in [0.1, 0.15) is 20.8 Å². The summed E-state index contributed by atoms with van der Waals surface area (Å²) in [5, 5.41) is 3.07. The summed E-state index contributed by atoms with van der Waals surface area (Å²) < 4.78 is 27.8. The van der Waals surface area contributed by atoms with E-state index in [-0.39, 0.29) is 6.54 Å². The molecule has 0 aliphatic heterocycles. The first-order valence-corrected chi connectivity index (χ1v) is 8.03. The average Bonchev–Trinajstić information content (AvgIpc) is 2.29. The fourth-order valence-corrected chi connectivity index (χ4v) is 1.75. The lowest BCUT2D eigenvalue weighted by Crippen LogP contribution is -2.38. The summed E-state index contributed by atoms with van der Waals surface area (Å²) in [6.07, 6.45) is 1.23. The summed E-state index contributed by atoms with van der Waals surface area (Å²) in [4.78, 5) is 0. The number of anilines is 2. The minimum absolute atomic E-state index is 0.283. The van der Waals surface area contributed by atoms with Crippen LogP contribution in [-0.2, 0) is 9.84 Å². The predicted octanol–water partition coefficient (Wildman–Crippen LogP) is 1.90. The molecule has 0 atom stereocenters. The van der Waals surface area contributed by atoms with Crippen LogP contribution in [0.25, 0.3) is 0 Å². The molecular weight excluding hydrogens is 264 g/mol. The number of nitrogens with two attached hydrogens (primary N) is 1. The molecule has 5 nitrogen and oxygen atoms in total. The number of para-hydroxylation sites is 1. The zero-order chi connectivity index (χ0) is 14.7. The first-order valence-electron chi connectivity index (χ1n) is 6.14. The van der Waals surface area contributed by atoms with Gasteiger partial charge in [0.1, 0.15) is 5.75 Å². The van der Waals surface area contributed by atoms with E-state index in [0.717, 1.165) is 0 Å². The smallest absolute Gasteiger partial charge is 0.154 e. The second-order valence-corrected chi connectivity index (χ2v) is 7.69. The topological polar surface area (TPSA) is 81.4 Å². The summed E-state index contributed by atoms with van der Waals surface area (Å²) in [6, 6.07) is 5.40. The molecule has 0 aliphatic carbocycles. The predicted molar refractivity (Wildman–Crippen MR) is 79.4 cm³/mol. The Hall–Kier alpha value is -1.43. The molecule has 0 bridgehead atoms. The molecule has 0 unspecified atom stereocenters. The highest BCUT2D eigenvalue weighted by Crippen LogP contribution is 2.30. The van der Waals surface area contributed by atoms with Crippen molar-refractivity contribution in [1.82, 2.24) is 0 Å². The van der Waals surface area contributed by atoms with Gasteiger partial charge in [-0.2, -0.15) is 0 Å². The SMILES string of the molecule is CCOc1cccc(NCC(C)(C)S(C)(=O)=O)c1N. The van der Waals surface area contributed by atoms with Crippen molar-refractivity contribution in [3.63, 3.8) is 0 Å². The fourth-order valence-electron chi connectivity index (χ4n) is 1.42. The number of nitrogens with one attached hydrogen (secondary N) is 1. The summed E-state index contributed by atoms with van der Waals surface area (Å²) in [6.45, 7) is 6.05. The molecule has 0 saturated heterocycles. The van der Waals surface area contributed by atoms with Crippen LogP contribution in [0, 0.1) is 0 Å². The van der Waals surface area contributed by atoms with Gasteiger partial charge < -0.3 is 15.8 Å². The van der Waals surface area contributed by atoms with E-state index >= 15 is 0 Å². The van der Waals surface area contributed by atoms with Gasteiger partial charge in [-0.25, -0.2) is 8.42 Å². The van der Waals surface area contributed by atoms with E-state index in [9.17, 15) is 8.42 Å². The fraction of sp³-hybridized carbons (Fsp3) is 0.538. The van der Waals surface area contributed by atoms with Gasteiger partial charge in [0, 0.05) is 12.8 Å². The molecule has 0 fully saturated rings. The van der Waals surface area contributed by atoms with E-state index in [0.29, 0.717) is 23.7 Å². The Labute approximate surface area is 115 Å². The Balaban J connectivity index is 2.87. The van der Waals surface area contributed by atoms with Gasteiger partial charge in [0.25, 0.3) is 0 Å². The van der Waals surface area contributed by atoms with Crippen LogP contribution >= 0.6 is 0 Å². The second kappa shape index (κ2) is 5.69. The van der Waals surface area contributed by atoms with Crippen LogP contribution < -0.4 is 15.8 Å². The summed E-state index contributed by atoms with van der Waals surface area (Å²) in [5.74, 6) is 0.602. The van der Waals surface area contributed by atoms with Crippen molar-refractivity contribution < 1.29 is 13.2 Å². The van der Waals surface area contributed by atoms with E-state index in [1.54, 1.807) is 26.0 Å². The number of nitrogen functional groups attached to an aromatic ring is 1. The number of sulfone groups is 1. The lowest BCUT2D eigenvalue weighted by Gasteiger charge is -2.24. The summed E-state index contributed by atoms with van der Waals surface area (Å²) in [5.41, 5.74) is 7.15. The molecule has 6 heteroatoms. The van der Waals surface area contributed by atoms with Crippen molar-refractivity contribution in [3.8, 4) is 5.75 Å². The Morgan fingerprint density at radius 2 is 2.00 bits per heavy atom. The van der Waals surface area contributed by atoms with Crippen molar-refractivity contribution in [2.24, 2.45) is 0 Å². The highest BCUT2D eigenvalue weighted by atomic mass is 32.2. The Kier molecular flexibility index (Phi) is 4.68. The van der Waals surface area contributed by atoms with E-state index in [4.69, 9.17) is 10.5 Å². The third-order valence-corrected chi connectivity index (χ3v) is 5.23.